The molecule has 0 unspecified atom stereocenters. The van der Waals surface area contributed by atoms with Gasteiger partial charge in [-0.05, 0) is 43.5 Å². The van der Waals surface area contributed by atoms with Crippen LogP contribution >= 0.6 is 0 Å². The second-order valence-electron chi connectivity index (χ2n) is 8.12. The topological polar surface area (TPSA) is 66.9 Å². The zero-order valence-corrected chi connectivity index (χ0v) is 17.2. The fourth-order valence-corrected chi connectivity index (χ4v) is 4.33. The molecule has 0 amide bonds. The number of aromatic amines is 1. The van der Waals surface area contributed by atoms with E-state index in [2.05, 4.69) is 53.4 Å². The first-order valence-electron chi connectivity index (χ1n) is 9.93. The molecule has 0 spiro atoms. The number of hydrogen-bond acceptors (Lipinski definition) is 3. The average molecular weight is 382 g/mol. The maximum absolute atomic E-state index is 13.2. The highest BCUT2D eigenvalue weighted by atomic mass is 16.2. The second-order valence-corrected chi connectivity index (χ2v) is 8.12. The van der Waals surface area contributed by atoms with Crippen molar-refractivity contribution in [1.82, 2.24) is 14.1 Å². The highest BCUT2D eigenvalue weighted by Crippen LogP contribution is 2.29. The van der Waals surface area contributed by atoms with Crippen molar-refractivity contribution < 1.29 is 4.57 Å². The Morgan fingerprint density at radius 1 is 1.18 bits per heavy atom. The van der Waals surface area contributed by atoms with Crippen LogP contribution in [-0.2, 0) is 20.1 Å². The van der Waals surface area contributed by atoms with Crippen LogP contribution in [0.2, 0.25) is 0 Å². The molecule has 1 aliphatic heterocycles. The molecule has 0 saturated heterocycles. The minimum absolute atomic E-state index is 0.211. The fraction of sp³-hybridized carbons (Fsp3) is 0.476. The maximum Gasteiger partial charge on any atom is 0.364 e. The third kappa shape index (κ3) is 2.77. The Bertz CT molecular complexity index is 1160. The molecule has 1 aromatic carbocycles. The Labute approximate surface area is 163 Å². The normalized spacial score (nSPS) is 16.6. The number of nitrogens with one attached hydrogen (secondary N) is 1. The molecule has 7 heteroatoms. The number of aromatic nitrogens is 4. The lowest BCUT2D eigenvalue weighted by atomic mass is 10.1. The van der Waals surface area contributed by atoms with E-state index in [1.807, 2.05) is 6.92 Å². The van der Waals surface area contributed by atoms with Gasteiger partial charge in [-0.1, -0.05) is 19.9 Å². The smallest absolute Gasteiger partial charge is 0.267 e. The Balaban J connectivity index is 2.02. The lowest BCUT2D eigenvalue weighted by Gasteiger charge is -2.27. The molecule has 3 heterocycles. The molecule has 28 heavy (non-hydrogen) atoms. The SMILES string of the molecule is CCCn1c(=O)c2c([nH]c3[n+]2C[C@H](C)CN3c2cc(C)cc(C)c2)n(C)c1=O. The summed E-state index contributed by atoms with van der Waals surface area (Å²) in [5.74, 6) is 1.23. The summed E-state index contributed by atoms with van der Waals surface area (Å²) in [7, 11) is 1.73. The monoisotopic (exact) mass is 382 g/mol. The van der Waals surface area contributed by atoms with Gasteiger partial charge in [0.15, 0.2) is 0 Å². The molecular weight excluding hydrogens is 354 g/mol. The molecule has 7 nitrogen and oxygen atoms in total. The van der Waals surface area contributed by atoms with Crippen LogP contribution in [0.3, 0.4) is 0 Å². The molecular formula is C21H28N5O2+. The average Bonchev–Trinajstić information content (AvgIpc) is 3.01. The predicted octanol–water partition coefficient (Wildman–Crippen LogP) is 2.13. The number of benzene rings is 1. The standard InChI is InChI=1S/C21H27N5O2/c1-6-7-24-19(27)17-18(23(5)21(24)28)22-20-25(11-15(4)12-26(17)20)16-9-13(2)8-14(3)10-16/h8-10,15H,6-7,11-12H2,1-5H3/p+1/t15-/m1/s1. The van der Waals surface area contributed by atoms with Crippen molar-refractivity contribution in [3.8, 4) is 0 Å². The van der Waals surface area contributed by atoms with Crippen LogP contribution in [0.5, 0.6) is 0 Å². The molecule has 0 bridgehead atoms. The van der Waals surface area contributed by atoms with Crippen molar-refractivity contribution in [3.05, 3.63) is 50.2 Å². The molecule has 0 fully saturated rings. The zero-order chi connectivity index (χ0) is 20.2. The molecule has 1 N–H and O–H groups in total. The van der Waals surface area contributed by atoms with Crippen molar-refractivity contribution in [1.29, 1.82) is 0 Å². The molecule has 0 aliphatic carbocycles. The molecule has 1 aliphatic rings. The number of hydrogen-bond donors (Lipinski definition) is 1. The van der Waals surface area contributed by atoms with Crippen LogP contribution in [-0.4, -0.2) is 20.7 Å². The van der Waals surface area contributed by atoms with E-state index in [0.29, 0.717) is 23.6 Å². The number of rotatable bonds is 3. The minimum Gasteiger partial charge on any atom is -0.267 e. The Morgan fingerprint density at radius 2 is 1.86 bits per heavy atom. The van der Waals surface area contributed by atoms with Gasteiger partial charge < -0.3 is 0 Å². The fourth-order valence-electron chi connectivity index (χ4n) is 4.33. The van der Waals surface area contributed by atoms with E-state index in [0.717, 1.165) is 31.1 Å². The Hall–Kier alpha value is -2.83. The molecule has 1 atom stereocenters. The number of fused-ring (bicyclic) bond motifs is 3. The summed E-state index contributed by atoms with van der Waals surface area (Å²) in [5, 5.41) is 0. The highest BCUT2D eigenvalue weighted by Gasteiger charge is 2.36. The lowest BCUT2D eigenvalue weighted by Crippen LogP contribution is -2.52. The third-order valence-corrected chi connectivity index (χ3v) is 5.49. The van der Waals surface area contributed by atoms with E-state index in [9.17, 15) is 9.59 Å². The van der Waals surface area contributed by atoms with E-state index in [1.165, 1.54) is 15.7 Å². The van der Waals surface area contributed by atoms with Gasteiger partial charge in [-0.15, -0.1) is 0 Å². The van der Waals surface area contributed by atoms with Crippen molar-refractivity contribution >= 4 is 22.8 Å². The molecule has 148 valence electrons. The lowest BCUT2D eigenvalue weighted by molar-refractivity contribution is -0.669. The van der Waals surface area contributed by atoms with Gasteiger partial charge in [0.1, 0.15) is 5.69 Å². The van der Waals surface area contributed by atoms with Crippen LogP contribution in [0.4, 0.5) is 11.6 Å². The van der Waals surface area contributed by atoms with E-state index in [1.54, 1.807) is 11.6 Å². The van der Waals surface area contributed by atoms with Crippen LogP contribution < -0.4 is 20.7 Å². The summed E-state index contributed by atoms with van der Waals surface area (Å²) >= 11 is 0. The van der Waals surface area contributed by atoms with Crippen molar-refractivity contribution in [3.63, 3.8) is 0 Å². The van der Waals surface area contributed by atoms with E-state index in [-0.39, 0.29) is 11.2 Å². The molecule has 2 aromatic heterocycles. The van der Waals surface area contributed by atoms with Crippen LogP contribution in [0.15, 0.2) is 27.8 Å². The predicted molar refractivity (Wildman–Crippen MR) is 110 cm³/mol. The van der Waals surface area contributed by atoms with Crippen molar-refractivity contribution in [2.24, 2.45) is 13.0 Å². The van der Waals surface area contributed by atoms with Gasteiger partial charge in [0.05, 0.1) is 13.1 Å². The van der Waals surface area contributed by atoms with Crippen LogP contribution in [0, 0.1) is 19.8 Å². The molecule has 0 saturated carbocycles. The van der Waals surface area contributed by atoms with Gasteiger partial charge in [-0.2, -0.15) is 0 Å². The summed E-state index contributed by atoms with van der Waals surface area (Å²) in [4.78, 5) is 31.5. The summed E-state index contributed by atoms with van der Waals surface area (Å²) in [6, 6.07) is 6.48. The minimum atomic E-state index is -0.274. The van der Waals surface area contributed by atoms with Crippen molar-refractivity contribution in [2.75, 3.05) is 11.4 Å². The summed E-state index contributed by atoms with van der Waals surface area (Å²) in [6.45, 7) is 10.4. The number of aryl methyl sites for hydroxylation is 3. The van der Waals surface area contributed by atoms with Gasteiger partial charge in [0, 0.05) is 19.5 Å². The quantitative estimate of drug-likeness (QED) is 0.706. The summed E-state index contributed by atoms with van der Waals surface area (Å²) in [6.07, 6.45) is 0.739. The number of nitrogens with zero attached hydrogens (tertiary/aromatic N) is 4. The summed E-state index contributed by atoms with van der Waals surface area (Å²) in [5.41, 5.74) is 4.18. The van der Waals surface area contributed by atoms with E-state index < -0.39 is 0 Å². The maximum atomic E-state index is 13.2. The first kappa shape index (κ1) is 18.5. The number of H-pyrrole nitrogens is 1. The molecule has 0 radical (unpaired) electrons. The zero-order valence-electron chi connectivity index (χ0n) is 17.2. The van der Waals surface area contributed by atoms with Crippen LogP contribution in [0.25, 0.3) is 11.2 Å². The summed E-state index contributed by atoms with van der Waals surface area (Å²) < 4.78 is 4.96. The largest absolute Gasteiger partial charge is 0.364 e. The molecule has 4 rings (SSSR count). The van der Waals surface area contributed by atoms with Gasteiger partial charge in [0.25, 0.3) is 5.56 Å². The second kappa shape index (κ2) is 6.65. The Morgan fingerprint density at radius 3 is 2.50 bits per heavy atom. The van der Waals surface area contributed by atoms with E-state index in [4.69, 9.17) is 0 Å². The van der Waals surface area contributed by atoms with Gasteiger partial charge in [-0.3, -0.25) is 13.9 Å². The van der Waals surface area contributed by atoms with E-state index >= 15 is 0 Å². The van der Waals surface area contributed by atoms with Crippen LogP contribution in [0.1, 0.15) is 31.4 Å². The first-order chi connectivity index (χ1) is 13.3. The molecule has 3 aromatic rings. The van der Waals surface area contributed by atoms with Gasteiger partial charge >= 0.3 is 11.6 Å². The van der Waals surface area contributed by atoms with Gasteiger partial charge in [0.2, 0.25) is 11.2 Å². The van der Waals surface area contributed by atoms with Gasteiger partial charge in [-0.25, -0.2) is 19.2 Å². The van der Waals surface area contributed by atoms with Crippen molar-refractivity contribution in [2.45, 2.75) is 47.2 Å². The third-order valence-electron chi connectivity index (χ3n) is 5.49. The highest BCUT2D eigenvalue weighted by molar-refractivity contribution is 5.70. The first-order valence-corrected chi connectivity index (χ1v) is 9.93. The Kier molecular flexibility index (Phi) is 4.40. The number of anilines is 2. The number of imidazole rings is 1.